The van der Waals surface area contributed by atoms with Crippen molar-refractivity contribution in [1.82, 2.24) is 4.72 Å². The van der Waals surface area contributed by atoms with Crippen molar-refractivity contribution in [3.8, 4) is 0 Å². The van der Waals surface area contributed by atoms with Gasteiger partial charge < -0.3 is 10.5 Å². The number of para-hydroxylation sites is 1. The third-order valence-corrected chi connectivity index (χ3v) is 6.38. The highest BCUT2D eigenvalue weighted by atomic mass is 32.2. The number of sulfonamides is 1. The Morgan fingerprint density at radius 2 is 2.14 bits per heavy atom. The molecule has 1 aliphatic rings. The lowest BCUT2D eigenvalue weighted by Gasteiger charge is -2.13. The molecule has 1 fully saturated rings. The average Bonchev–Trinajstić information content (AvgIpc) is 2.87. The topological polar surface area (TPSA) is 81.4 Å². The second kappa shape index (κ2) is 7.49. The van der Waals surface area contributed by atoms with Crippen LogP contribution in [0.1, 0.15) is 19.3 Å². The Morgan fingerprint density at radius 3 is 2.81 bits per heavy atom. The Kier molecular flexibility index (Phi) is 5.92. The largest absolute Gasteiger partial charge is 0.398 e. The summed E-state index contributed by atoms with van der Waals surface area (Å²) < 4.78 is 32.1. The molecule has 0 amide bonds. The Morgan fingerprint density at radius 1 is 1.38 bits per heavy atom. The standard InChI is InChI=1S/C14H22N2O3S2/c1-19-12-7-6-11(10-12)16-21(17,18)9-8-20-14-5-3-2-4-13(14)15/h2-5,11-12,16H,6-10,15H2,1H3. The Hall–Kier alpha value is -0.760. The van der Waals surface area contributed by atoms with Crippen LogP contribution in [-0.2, 0) is 14.8 Å². The van der Waals surface area contributed by atoms with E-state index in [9.17, 15) is 8.42 Å². The van der Waals surface area contributed by atoms with Crippen molar-refractivity contribution in [1.29, 1.82) is 0 Å². The minimum Gasteiger partial charge on any atom is -0.398 e. The number of nitrogens with two attached hydrogens (primary N) is 1. The van der Waals surface area contributed by atoms with Gasteiger partial charge in [0.2, 0.25) is 10.0 Å². The van der Waals surface area contributed by atoms with E-state index in [1.807, 2.05) is 24.3 Å². The van der Waals surface area contributed by atoms with Crippen molar-refractivity contribution in [2.75, 3.05) is 24.3 Å². The second-order valence-corrected chi connectivity index (χ2v) is 8.20. The molecule has 1 aromatic carbocycles. The van der Waals surface area contributed by atoms with Crippen molar-refractivity contribution in [2.45, 2.75) is 36.3 Å². The third kappa shape index (κ3) is 5.18. The molecule has 0 aliphatic heterocycles. The summed E-state index contributed by atoms with van der Waals surface area (Å²) in [4.78, 5) is 0.924. The van der Waals surface area contributed by atoms with Gasteiger partial charge in [-0.3, -0.25) is 0 Å². The molecule has 2 rings (SSSR count). The molecule has 0 saturated heterocycles. The summed E-state index contributed by atoms with van der Waals surface area (Å²) in [5, 5.41) is 0. The van der Waals surface area contributed by atoms with E-state index >= 15 is 0 Å². The van der Waals surface area contributed by atoms with E-state index in [-0.39, 0.29) is 17.9 Å². The van der Waals surface area contributed by atoms with Crippen LogP contribution in [0.2, 0.25) is 0 Å². The van der Waals surface area contributed by atoms with Gasteiger partial charge in [0, 0.05) is 29.5 Å². The van der Waals surface area contributed by atoms with Gasteiger partial charge in [0.25, 0.3) is 0 Å². The van der Waals surface area contributed by atoms with Gasteiger partial charge in [-0.15, -0.1) is 11.8 Å². The summed E-state index contributed by atoms with van der Waals surface area (Å²) in [5.74, 6) is 0.587. The van der Waals surface area contributed by atoms with Crippen LogP contribution in [0.4, 0.5) is 5.69 Å². The van der Waals surface area contributed by atoms with E-state index in [1.54, 1.807) is 7.11 Å². The van der Waals surface area contributed by atoms with Crippen LogP contribution >= 0.6 is 11.8 Å². The number of nitrogen functional groups attached to an aromatic ring is 1. The fourth-order valence-electron chi connectivity index (χ4n) is 2.45. The second-order valence-electron chi connectivity index (χ2n) is 5.19. The molecule has 118 valence electrons. The minimum atomic E-state index is -3.25. The van der Waals surface area contributed by atoms with Crippen LogP contribution in [0.5, 0.6) is 0 Å². The van der Waals surface area contributed by atoms with E-state index in [1.165, 1.54) is 11.8 Å². The van der Waals surface area contributed by atoms with Crippen LogP contribution in [0.25, 0.3) is 0 Å². The lowest BCUT2D eigenvalue weighted by Crippen LogP contribution is -2.35. The smallest absolute Gasteiger partial charge is 0.212 e. The summed E-state index contributed by atoms with van der Waals surface area (Å²) in [6.07, 6.45) is 2.69. The molecule has 1 aromatic rings. The lowest BCUT2D eigenvalue weighted by molar-refractivity contribution is 0.107. The van der Waals surface area contributed by atoms with Gasteiger partial charge in [0.15, 0.2) is 0 Å². The Labute approximate surface area is 130 Å². The normalized spacial score (nSPS) is 22.5. The Balaban J connectivity index is 1.78. The zero-order valence-corrected chi connectivity index (χ0v) is 13.8. The van der Waals surface area contributed by atoms with Gasteiger partial charge in [-0.1, -0.05) is 12.1 Å². The van der Waals surface area contributed by atoms with Gasteiger partial charge in [0.1, 0.15) is 0 Å². The van der Waals surface area contributed by atoms with Crippen LogP contribution in [0.3, 0.4) is 0 Å². The summed E-state index contributed by atoms with van der Waals surface area (Å²) >= 11 is 1.47. The predicted molar refractivity (Wildman–Crippen MR) is 86.9 cm³/mol. The monoisotopic (exact) mass is 330 g/mol. The summed E-state index contributed by atoms with van der Waals surface area (Å²) in [6.45, 7) is 0. The molecule has 0 heterocycles. The number of anilines is 1. The molecular formula is C14H22N2O3S2. The van der Waals surface area contributed by atoms with E-state index in [0.29, 0.717) is 11.4 Å². The average molecular weight is 330 g/mol. The molecule has 2 unspecified atom stereocenters. The van der Waals surface area contributed by atoms with E-state index < -0.39 is 10.0 Å². The first-order valence-corrected chi connectivity index (χ1v) is 9.64. The highest BCUT2D eigenvalue weighted by Gasteiger charge is 2.27. The fraction of sp³-hybridized carbons (Fsp3) is 0.571. The van der Waals surface area contributed by atoms with Crippen molar-refractivity contribution in [3.05, 3.63) is 24.3 Å². The molecule has 0 aromatic heterocycles. The number of methoxy groups -OCH3 is 1. The molecule has 1 aliphatic carbocycles. The molecule has 5 nitrogen and oxygen atoms in total. The van der Waals surface area contributed by atoms with E-state index in [0.717, 1.165) is 24.2 Å². The first-order valence-electron chi connectivity index (χ1n) is 7.00. The molecule has 21 heavy (non-hydrogen) atoms. The zero-order valence-electron chi connectivity index (χ0n) is 12.1. The molecular weight excluding hydrogens is 308 g/mol. The maximum atomic E-state index is 12.1. The van der Waals surface area contributed by atoms with Crippen LogP contribution in [0, 0.1) is 0 Å². The molecule has 0 spiro atoms. The van der Waals surface area contributed by atoms with Crippen molar-refractivity contribution >= 4 is 27.5 Å². The minimum absolute atomic E-state index is 0.00625. The number of ether oxygens (including phenoxy) is 1. The number of hydrogen-bond donors (Lipinski definition) is 2. The fourth-order valence-corrected chi connectivity index (χ4v) is 5.13. The molecule has 1 saturated carbocycles. The summed E-state index contributed by atoms with van der Waals surface area (Å²) in [6, 6.07) is 7.49. The molecule has 0 bridgehead atoms. The van der Waals surface area contributed by atoms with E-state index in [2.05, 4.69) is 4.72 Å². The summed E-state index contributed by atoms with van der Waals surface area (Å²) in [7, 11) is -1.58. The lowest BCUT2D eigenvalue weighted by atomic mass is 10.3. The maximum absolute atomic E-state index is 12.1. The van der Waals surface area contributed by atoms with Crippen LogP contribution in [0.15, 0.2) is 29.2 Å². The quantitative estimate of drug-likeness (QED) is 0.589. The van der Waals surface area contributed by atoms with Gasteiger partial charge in [-0.05, 0) is 31.4 Å². The van der Waals surface area contributed by atoms with Crippen molar-refractivity contribution < 1.29 is 13.2 Å². The third-order valence-electron chi connectivity index (χ3n) is 3.59. The number of nitrogens with one attached hydrogen (secondary N) is 1. The number of hydrogen-bond acceptors (Lipinski definition) is 5. The molecule has 7 heteroatoms. The SMILES string of the molecule is COC1CCC(NS(=O)(=O)CCSc2ccccc2N)C1. The zero-order chi connectivity index (χ0) is 15.3. The van der Waals surface area contributed by atoms with Gasteiger partial charge in [-0.25, -0.2) is 13.1 Å². The van der Waals surface area contributed by atoms with Crippen molar-refractivity contribution in [2.24, 2.45) is 0 Å². The summed E-state index contributed by atoms with van der Waals surface area (Å²) in [5.41, 5.74) is 6.52. The van der Waals surface area contributed by atoms with E-state index in [4.69, 9.17) is 10.5 Å². The van der Waals surface area contributed by atoms with Gasteiger partial charge in [0.05, 0.1) is 11.9 Å². The number of thioether (sulfide) groups is 1. The molecule has 0 radical (unpaired) electrons. The predicted octanol–water partition coefficient (Wildman–Crippen LogP) is 1.85. The highest BCUT2D eigenvalue weighted by molar-refractivity contribution is 8.00. The van der Waals surface area contributed by atoms with Gasteiger partial charge >= 0.3 is 0 Å². The van der Waals surface area contributed by atoms with Crippen LogP contribution < -0.4 is 10.5 Å². The van der Waals surface area contributed by atoms with Crippen molar-refractivity contribution in [3.63, 3.8) is 0 Å². The van der Waals surface area contributed by atoms with Crippen LogP contribution in [-0.4, -0.2) is 39.2 Å². The number of rotatable bonds is 7. The molecule has 3 N–H and O–H groups in total. The Bertz CT molecular complexity index is 563. The first-order chi connectivity index (χ1) is 10.00. The first kappa shape index (κ1) is 16.6. The molecule has 2 atom stereocenters. The number of benzene rings is 1. The maximum Gasteiger partial charge on any atom is 0.212 e. The van der Waals surface area contributed by atoms with Gasteiger partial charge in [-0.2, -0.15) is 0 Å². The highest BCUT2D eigenvalue weighted by Crippen LogP contribution is 2.25.